The van der Waals surface area contributed by atoms with Crippen molar-refractivity contribution in [1.29, 1.82) is 0 Å². The number of rotatable bonds is 7. The van der Waals surface area contributed by atoms with Crippen molar-refractivity contribution in [1.82, 2.24) is 5.48 Å². The molecule has 0 spiro atoms. The van der Waals surface area contributed by atoms with Crippen molar-refractivity contribution in [3.05, 3.63) is 29.3 Å². The molecule has 0 heterocycles. The molecule has 100 valence electrons. The van der Waals surface area contributed by atoms with Crippen molar-refractivity contribution in [2.24, 2.45) is 5.92 Å². The minimum atomic E-state index is -0.197. The number of hydroxylamine groups is 1. The van der Waals surface area contributed by atoms with E-state index < -0.39 is 0 Å². The van der Waals surface area contributed by atoms with Crippen LogP contribution in [-0.2, 0) is 9.63 Å². The predicted molar refractivity (Wildman–Crippen MR) is 70.5 cm³/mol. The smallest absolute Gasteiger partial charge is 0.246 e. The van der Waals surface area contributed by atoms with Gasteiger partial charge in [0.15, 0.2) is 0 Å². The number of ether oxygens (including phenoxy) is 1. The summed E-state index contributed by atoms with van der Waals surface area (Å²) in [6, 6.07) is 7.05. The van der Waals surface area contributed by atoms with Gasteiger partial charge in [0.1, 0.15) is 5.75 Å². The Labute approximate surface area is 112 Å². The molecule has 4 nitrogen and oxygen atoms in total. The topological polar surface area (TPSA) is 47.6 Å². The molecule has 0 aliphatic carbocycles. The van der Waals surface area contributed by atoms with Crippen molar-refractivity contribution in [3.63, 3.8) is 0 Å². The fourth-order valence-corrected chi connectivity index (χ4v) is 1.34. The third-order valence-corrected chi connectivity index (χ3v) is 2.23. The fourth-order valence-electron chi connectivity index (χ4n) is 1.16. The van der Waals surface area contributed by atoms with E-state index in [0.717, 1.165) is 0 Å². The lowest BCUT2D eigenvalue weighted by Crippen LogP contribution is -2.26. The van der Waals surface area contributed by atoms with Gasteiger partial charge in [-0.1, -0.05) is 31.5 Å². The molecule has 1 rings (SSSR count). The number of nitrogens with one attached hydrogen (secondary N) is 1. The second-order valence-corrected chi connectivity index (χ2v) is 4.72. The van der Waals surface area contributed by atoms with E-state index in [1.54, 1.807) is 24.3 Å². The maximum Gasteiger partial charge on any atom is 0.246 e. The van der Waals surface area contributed by atoms with Gasteiger partial charge in [0.2, 0.25) is 5.91 Å². The molecule has 1 amide bonds. The average molecular weight is 272 g/mol. The molecule has 5 heteroatoms. The summed E-state index contributed by atoms with van der Waals surface area (Å²) >= 11 is 5.81. The van der Waals surface area contributed by atoms with Gasteiger partial charge in [-0.3, -0.25) is 9.63 Å². The Morgan fingerprint density at radius 1 is 1.44 bits per heavy atom. The minimum absolute atomic E-state index is 0.197. The number of halogens is 1. The lowest BCUT2D eigenvalue weighted by atomic mass is 10.2. The molecule has 1 aromatic rings. The van der Waals surface area contributed by atoms with Crippen LogP contribution in [0.1, 0.15) is 20.3 Å². The summed E-state index contributed by atoms with van der Waals surface area (Å²) in [5, 5.41) is 0.609. The first kappa shape index (κ1) is 14.8. The number of carbonyl (C=O) groups is 1. The molecule has 18 heavy (non-hydrogen) atoms. The minimum Gasteiger partial charge on any atom is -0.493 e. The van der Waals surface area contributed by atoms with Crippen LogP contribution in [-0.4, -0.2) is 19.1 Å². The Morgan fingerprint density at radius 3 is 2.89 bits per heavy atom. The Kier molecular flexibility index (Phi) is 6.54. The molecular weight excluding hydrogens is 254 g/mol. The first-order valence-corrected chi connectivity index (χ1v) is 6.24. The highest BCUT2D eigenvalue weighted by atomic mass is 35.5. The zero-order valence-corrected chi connectivity index (χ0v) is 11.4. The van der Waals surface area contributed by atoms with E-state index in [-0.39, 0.29) is 18.9 Å². The van der Waals surface area contributed by atoms with E-state index in [2.05, 4.69) is 5.48 Å². The van der Waals surface area contributed by atoms with Crippen LogP contribution in [0.4, 0.5) is 0 Å². The highest BCUT2D eigenvalue weighted by Crippen LogP contribution is 2.16. The van der Waals surface area contributed by atoms with Crippen LogP contribution in [0.15, 0.2) is 24.3 Å². The quantitative estimate of drug-likeness (QED) is 0.776. The summed E-state index contributed by atoms with van der Waals surface area (Å²) in [5.41, 5.74) is 2.37. The molecule has 0 unspecified atom stereocenters. The van der Waals surface area contributed by atoms with Gasteiger partial charge in [-0.05, 0) is 24.1 Å². The summed E-state index contributed by atoms with van der Waals surface area (Å²) in [4.78, 5) is 16.3. The molecule has 1 aromatic carbocycles. The lowest BCUT2D eigenvalue weighted by Gasteiger charge is -2.08. The van der Waals surface area contributed by atoms with Gasteiger partial charge in [-0.2, -0.15) is 0 Å². The average Bonchev–Trinajstić information content (AvgIpc) is 2.28. The third kappa shape index (κ3) is 6.47. The Bertz CT molecular complexity index is 382. The Morgan fingerprint density at radius 2 is 2.22 bits per heavy atom. The van der Waals surface area contributed by atoms with Crippen molar-refractivity contribution >= 4 is 17.5 Å². The van der Waals surface area contributed by atoms with Gasteiger partial charge in [0.25, 0.3) is 0 Å². The lowest BCUT2D eigenvalue weighted by molar-refractivity contribution is -0.134. The molecule has 0 radical (unpaired) electrons. The monoisotopic (exact) mass is 271 g/mol. The van der Waals surface area contributed by atoms with Crippen LogP contribution in [0.5, 0.6) is 5.75 Å². The number of benzene rings is 1. The van der Waals surface area contributed by atoms with Crippen LogP contribution in [0.2, 0.25) is 5.02 Å². The maximum atomic E-state index is 11.3. The van der Waals surface area contributed by atoms with Crippen LogP contribution >= 0.6 is 11.6 Å². The van der Waals surface area contributed by atoms with E-state index in [4.69, 9.17) is 21.2 Å². The van der Waals surface area contributed by atoms with Gasteiger partial charge in [0, 0.05) is 5.02 Å². The first-order valence-electron chi connectivity index (χ1n) is 5.87. The van der Waals surface area contributed by atoms with Gasteiger partial charge >= 0.3 is 0 Å². The Hall–Kier alpha value is -1.26. The summed E-state index contributed by atoms with van der Waals surface area (Å²) < 4.78 is 5.38. The van der Waals surface area contributed by atoms with Crippen molar-refractivity contribution in [2.45, 2.75) is 20.3 Å². The summed E-state index contributed by atoms with van der Waals surface area (Å²) in [6.07, 6.45) is 0.241. The number of hydrogen-bond donors (Lipinski definition) is 1. The van der Waals surface area contributed by atoms with Gasteiger partial charge < -0.3 is 4.74 Å². The van der Waals surface area contributed by atoms with E-state index >= 15 is 0 Å². The van der Waals surface area contributed by atoms with Crippen LogP contribution in [0, 0.1) is 5.92 Å². The molecule has 0 atom stereocenters. The number of amides is 1. The molecule has 0 aromatic heterocycles. The van der Waals surface area contributed by atoms with Crippen LogP contribution < -0.4 is 10.2 Å². The summed E-state index contributed by atoms with van der Waals surface area (Å²) in [5.74, 6) is 0.837. The largest absolute Gasteiger partial charge is 0.493 e. The van der Waals surface area contributed by atoms with Crippen molar-refractivity contribution < 1.29 is 14.4 Å². The van der Waals surface area contributed by atoms with E-state index in [1.807, 2.05) is 13.8 Å². The second kappa shape index (κ2) is 7.95. The maximum absolute atomic E-state index is 11.3. The highest BCUT2D eigenvalue weighted by Gasteiger charge is 2.03. The zero-order chi connectivity index (χ0) is 13.4. The van der Waals surface area contributed by atoms with Gasteiger partial charge in [-0.25, -0.2) is 5.48 Å². The molecule has 0 fully saturated rings. The van der Waals surface area contributed by atoms with Crippen molar-refractivity contribution in [2.75, 3.05) is 13.2 Å². The van der Waals surface area contributed by atoms with E-state index in [0.29, 0.717) is 23.3 Å². The second-order valence-electron chi connectivity index (χ2n) is 4.29. The standard InChI is InChI=1S/C13H18ClNO3/c1-10(2)9-18-15-13(16)6-7-17-12-5-3-4-11(14)8-12/h3-5,8,10H,6-7,9H2,1-2H3,(H,15,16). The third-order valence-electron chi connectivity index (χ3n) is 2.00. The molecular formula is C13H18ClNO3. The molecule has 0 aliphatic heterocycles. The highest BCUT2D eigenvalue weighted by molar-refractivity contribution is 6.30. The van der Waals surface area contributed by atoms with Gasteiger partial charge in [-0.15, -0.1) is 0 Å². The Balaban J connectivity index is 2.15. The van der Waals surface area contributed by atoms with Crippen LogP contribution in [0.25, 0.3) is 0 Å². The normalized spacial score (nSPS) is 10.4. The SMILES string of the molecule is CC(C)CONC(=O)CCOc1cccc(Cl)c1. The predicted octanol–water partition coefficient (Wildman–Crippen LogP) is 2.81. The van der Waals surface area contributed by atoms with E-state index in [1.165, 1.54) is 0 Å². The molecule has 0 bridgehead atoms. The fraction of sp³-hybridized carbons (Fsp3) is 0.462. The molecule has 0 saturated carbocycles. The molecule has 0 aliphatic rings. The van der Waals surface area contributed by atoms with Gasteiger partial charge in [0.05, 0.1) is 19.6 Å². The summed E-state index contributed by atoms with van der Waals surface area (Å²) in [6.45, 7) is 4.81. The van der Waals surface area contributed by atoms with Crippen LogP contribution in [0.3, 0.4) is 0 Å². The molecule has 0 saturated heterocycles. The number of hydrogen-bond acceptors (Lipinski definition) is 3. The number of carbonyl (C=O) groups excluding carboxylic acids is 1. The van der Waals surface area contributed by atoms with E-state index in [9.17, 15) is 4.79 Å². The summed E-state index contributed by atoms with van der Waals surface area (Å²) in [7, 11) is 0. The first-order chi connectivity index (χ1) is 8.58. The zero-order valence-electron chi connectivity index (χ0n) is 10.6. The van der Waals surface area contributed by atoms with Crippen molar-refractivity contribution in [3.8, 4) is 5.75 Å². The molecule has 1 N–H and O–H groups in total.